The van der Waals surface area contributed by atoms with Crippen LogP contribution in [-0.2, 0) is 19.1 Å². The van der Waals surface area contributed by atoms with Gasteiger partial charge in [0.1, 0.15) is 17.3 Å². The second-order valence-electron chi connectivity index (χ2n) is 7.86. The Labute approximate surface area is 218 Å². The Bertz CT molecular complexity index is 1460. The number of para-hydroxylation sites is 2. The molecule has 3 aromatic carbocycles. The summed E-state index contributed by atoms with van der Waals surface area (Å²) in [6, 6.07) is 24.4. The van der Waals surface area contributed by atoms with E-state index in [0.717, 1.165) is 0 Å². The highest BCUT2D eigenvalue weighted by Gasteiger charge is 2.43. The number of nitriles is 1. The molecule has 2 N–H and O–H groups in total. The Morgan fingerprint density at radius 1 is 0.946 bits per heavy atom. The molecule has 1 aliphatic heterocycles. The quantitative estimate of drug-likeness (QED) is 0.454. The molecular formula is C28H22ClN3O5. The zero-order valence-corrected chi connectivity index (χ0v) is 20.7. The Morgan fingerprint density at radius 3 is 2.27 bits per heavy atom. The van der Waals surface area contributed by atoms with Crippen molar-refractivity contribution in [3.8, 4) is 17.6 Å². The SMILES string of the molecule is COC(=O)C1=C(C(=O)OC)N(c2ccccc2Oc2cccc(Cl)c2)C(N)=C(C#N)C1c1ccccc1. The molecule has 1 heterocycles. The average molecular weight is 516 g/mol. The van der Waals surface area contributed by atoms with Crippen LogP contribution in [0.3, 0.4) is 0 Å². The van der Waals surface area contributed by atoms with Crippen LogP contribution in [0.25, 0.3) is 0 Å². The number of allylic oxidation sites excluding steroid dienone is 1. The minimum atomic E-state index is -0.968. The van der Waals surface area contributed by atoms with Crippen LogP contribution < -0.4 is 15.4 Å². The molecule has 0 saturated carbocycles. The number of methoxy groups -OCH3 is 2. The highest BCUT2D eigenvalue weighted by molar-refractivity contribution is 6.30. The van der Waals surface area contributed by atoms with Gasteiger partial charge in [-0.2, -0.15) is 5.26 Å². The number of ether oxygens (including phenoxy) is 3. The third-order valence-corrected chi connectivity index (χ3v) is 5.98. The van der Waals surface area contributed by atoms with Crippen LogP contribution in [0.4, 0.5) is 5.69 Å². The fraction of sp³-hybridized carbons (Fsp3) is 0.107. The number of anilines is 1. The van der Waals surface area contributed by atoms with E-state index in [1.165, 1.54) is 19.1 Å². The molecule has 8 nitrogen and oxygen atoms in total. The van der Waals surface area contributed by atoms with Gasteiger partial charge in [-0.15, -0.1) is 0 Å². The number of benzene rings is 3. The molecular weight excluding hydrogens is 494 g/mol. The lowest BCUT2D eigenvalue weighted by molar-refractivity contribution is -0.139. The van der Waals surface area contributed by atoms with Gasteiger partial charge in [0.05, 0.1) is 43.0 Å². The summed E-state index contributed by atoms with van der Waals surface area (Å²) in [5.41, 5.74) is 7.21. The van der Waals surface area contributed by atoms with E-state index in [0.29, 0.717) is 22.0 Å². The third kappa shape index (κ3) is 4.85. The van der Waals surface area contributed by atoms with E-state index in [9.17, 15) is 14.9 Å². The second kappa shape index (κ2) is 10.9. The van der Waals surface area contributed by atoms with Gasteiger partial charge in [0.15, 0.2) is 5.75 Å². The Morgan fingerprint density at radius 2 is 1.62 bits per heavy atom. The van der Waals surface area contributed by atoms with Gasteiger partial charge >= 0.3 is 11.9 Å². The van der Waals surface area contributed by atoms with Gasteiger partial charge < -0.3 is 19.9 Å². The van der Waals surface area contributed by atoms with Crippen molar-refractivity contribution in [2.24, 2.45) is 5.73 Å². The van der Waals surface area contributed by atoms with Gasteiger partial charge in [-0.05, 0) is 35.9 Å². The van der Waals surface area contributed by atoms with E-state index >= 15 is 0 Å². The van der Waals surface area contributed by atoms with Gasteiger partial charge in [-0.1, -0.05) is 60.1 Å². The molecule has 0 bridgehead atoms. The van der Waals surface area contributed by atoms with Crippen molar-refractivity contribution in [3.63, 3.8) is 0 Å². The van der Waals surface area contributed by atoms with Crippen LogP contribution in [0, 0.1) is 11.3 Å². The van der Waals surface area contributed by atoms with Crippen LogP contribution in [0.2, 0.25) is 5.02 Å². The van der Waals surface area contributed by atoms with Crippen molar-refractivity contribution < 1.29 is 23.8 Å². The molecule has 186 valence electrons. The highest BCUT2D eigenvalue weighted by Crippen LogP contribution is 2.45. The largest absolute Gasteiger partial charge is 0.466 e. The fourth-order valence-corrected chi connectivity index (χ4v) is 4.33. The molecule has 3 aromatic rings. The number of esters is 2. The Balaban J connectivity index is 2.01. The molecule has 37 heavy (non-hydrogen) atoms. The zero-order valence-electron chi connectivity index (χ0n) is 20.0. The van der Waals surface area contributed by atoms with E-state index in [4.69, 9.17) is 31.5 Å². The highest BCUT2D eigenvalue weighted by atomic mass is 35.5. The van der Waals surface area contributed by atoms with Crippen LogP contribution in [0.5, 0.6) is 11.5 Å². The molecule has 0 saturated heterocycles. The molecule has 0 aliphatic carbocycles. The molecule has 1 aliphatic rings. The Hall–Kier alpha value is -4.74. The predicted molar refractivity (Wildman–Crippen MR) is 138 cm³/mol. The molecule has 1 atom stereocenters. The molecule has 1 unspecified atom stereocenters. The number of hydrogen-bond donors (Lipinski definition) is 1. The molecule has 0 radical (unpaired) electrons. The maximum Gasteiger partial charge on any atom is 0.355 e. The van der Waals surface area contributed by atoms with E-state index in [1.54, 1.807) is 78.9 Å². The van der Waals surface area contributed by atoms with Crippen molar-refractivity contribution in [3.05, 3.63) is 112 Å². The molecule has 9 heteroatoms. The summed E-state index contributed by atoms with van der Waals surface area (Å²) in [4.78, 5) is 27.8. The summed E-state index contributed by atoms with van der Waals surface area (Å²) in [5, 5.41) is 10.7. The Kier molecular flexibility index (Phi) is 7.47. The molecule has 4 rings (SSSR count). The van der Waals surface area contributed by atoms with Gasteiger partial charge in [0.25, 0.3) is 0 Å². The van der Waals surface area contributed by atoms with E-state index < -0.39 is 17.9 Å². The second-order valence-corrected chi connectivity index (χ2v) is 8.30. The van der Waals surface area contributed by atoms with Crippen LogP contribution >= 0.6 is 11.6 Å². The first-order valence-corrected chi connectivity index (χ1v) is 11.5. The number of carbonyl (C=O) groups excluding carboxylic acids is 2. The number of rotatable bonds is 6. The monoisotopic (exact) mass is 515 g/mol. The number of halogens is 1. The maximum atomic E-state index is 13.3. The smallest absolute Gasteiger partial charge is 0.355 e. The van der Waals surface area contributed by atoms with Crippen molar-refractivity contribution in [2.45, 2.75) is 5.92 Å². The van der Waals surface area contributed by atoms with E-state index in [1.807, 2.05) is 0 Å². The lowest BCUT2D eigenvalue weighted by Crippen LogP contribution is -2.40. The minimum absolute atomic E-state index is 0.0526. The molecule has 0 amide bonds. The normalized spacial score (nSPS) is 15.2. The first-order chi connectivity index (χ1) is 17.9. The first kappa shape index (κ1) is 25.4. The topological polar surface area (TPSA) is 115 Å². The average Bonchev–Trinajstić information content (AvgIpc) is 2.92. The fourth-order valence-electron chi connectivity index (χ4n) is 4.15. The number of nitrogens with zero attached hydrogens (tertiary/aromatic N) is 2. The third-order valence-electron chi connectivity index (χ3n) is 5.74. The van der Waals surface area contributed by atoms with Crippen molar-refractivity contribution >= 4 is 29.2 Å². The van der Waals surface area contributed by atoms with Gasteiger partial charge in [0.2, 0.25) is 0 Å². The summed E-state index contributed by atoms with van der Waals surface area (Å²) in [6.45, 7) is 0. The van der Waals surface area contributed by atoms with E-state index in [2.05, 4.69) is 6.07 Å². The number of nitrogens with two attached hydrogens (primary N) is 1. The predicted octanol–water partition coefficient (Wildman–Crippen LogP) is 5.03. The lowest BCUT2D eigenvalue weighted by atomic mass is 9.81. The van der Waals surface area contributed by atoms with Crippen molar-refractivity contribution in [1.82, 2.24) is 0 Å². The van der Waals surface area contributed by atoms with Crippen LogP contribution in [0.1, 0.15) is 11.5 Å². The summed E-state index contributed by atoms with van der Waals surface area (Å²) in [5.74, 6) is -1.98. The molecule has 0 spiro atoms. The summed E-state index contributed by atoms with van der Waals surface area (Å²) in [6.07, 6.45) is 0. The van der Waals surface area contributed by atoms with Crippen LogP contribution in [0.15, 0.2) is 102 Å². The summed E-state index contributed by atoms with van der Waals surface area (Å²) < 4.78 is 16.2. The zero-order chi connectivity index (χ0) is 26.5. The van der Waals surface area contributed by atoms with Crippen molar-refractivity contribution in [1.29, 1.82) is 5.26 Å². The van der Waals surface area contributed by atoms with Gasteiger partial charge in [0, 0.05) is 5.02 Å². The standard InChI is InChI=1S/C28H22ClN3O5/c1-35-27(33)24-23(17-9-4-3-5-10-17)20(16-30)26(31)32(25(24)28(34)36-2)21-13-6-7-14-22(21)37-19-12-8-11-18(29)15-19/h3-15,23H,31H2,1-2H3. The number of carbonyl (C=O) groups is 2. The minimum Gasteiger partial charge on any atom is -0.466 e. The lowest BCUT2D eigenvalue weighted by Gasteiger charge is -2.36. The first-order valence-electron chi connectivity index (χ1n) is 11.1. The van der Waals surface area contributed by atoms with Crippen LogP contribution in [-0.4, -0.2) is 26.2 Å². The molecule has 0 fully saturated rings. The number of hydrogen-bond acceptors (Lipinski definition) is 8. The van der Waals surface area contributed by atoms with Gasteiger partial charge in [-0.3, -0.25) is 4.90 Å². The molecule has 0 aromatic heterocycles. The summed E-state index contributed by atoms with van der Waals surface area (Å²) >= 11 is 6.11. The maximum absolute atomic E-state index is 13.3. The van der Waals surface area contributed by atoms with Gasteiger partial charge in [-0.25, -0.2) is 9.59 Å². The van der Waals surface area contributed by atoms with E-state index in [-0.39, 0.29) is 28.4 Å². The summed E-state index contributed by atoms with van der Waals surface area (Å²) in [7, 11) is 2.38. The van der Waals surface area contributed by atoms with Crippen molar-refractivity contribution in [2.75, 3.05) is 19.1 Å².